The molecule has 1 aromatic carbocycles. The average molecular weight is 512 g/mol. The van der Waals surface area contributed by atoms with Crippen molar-refractivity contribution in [2.45, 2.75) is 64.0 Å². The molecule has 6 nitrogen and oxygen atoms in total. The Balaban J connectivity index is 1.40. The van der Waals surface area contributed by atoms with Crippen LogP contribution in [-0.2, 0) is 0 Å². The Morgan fingerprint density at radius 2 is 1.97 bits per heavy atom. The van der Waals surface area contributed by atoms with E-state index in [9.17, 15) is 5.26 Å². The van der Waals surface area contributed by atoms with Gasteiger partial charge in [-0.2, -0.15) is 5.26 Å². The van der Waals surface area contributed by atoms with Gasteiger partial charge in [0.2, 0.25) is 0 Å². The van der Waals surface area contributed by atoms with Crippen LogP contribution in [-0.4, -0.2) is 52.8 Å². The molecule has 0 N–H and O–H groups in total. The monoisotopic (exact) mass is 510 g/mol. The molecule has 4 atom stereocenters. The molecule has 2 saturated heterocycles. The molecule has 0 amide bonds. The highest BCUT2D eigenvalue weighted by Gasteiger charge is 2.37. The summed E-state index contributed by atoms with van der Waals surface area (Å²) < 4.78 is 0. The molecule has 0 aliphatic carbocycles. The van der Waals surface area contributed by atoms with E-state index in [-0.39, 0.29) is 12.0 Å². The van der Waals surface area contributed by atoms with Crippen LogP contribution in [0.1, 0.15) is 74.9 Å². The van der Waals surface area contributed by atoms with E-state index >= 15 is 0 Å². The third-order valence-corrected chi connectivity index (χ3v) is 8.56. The zero-order valence-corrected chi connectivity index (χ0v) is 21.9. The minimum atomic E-state index is -0.307. The summed E-state index contributed by atoms with van der Waals surface area (Å²) in [6.45, 7) is 8.81. The van der Waals surface area contributed by atoms with Gasteiger partial charge in [0.15, 0.2) is 5.71 Å². The summed E-state index contributed by atoms with van der Waals surface area (Å²) in [5, 5.41) is 10.9. The summed E-state index contributed by atoms with van der Waals surface area (Å²) in [7, 11) is 0. The van der Waals surface area contributed by atoms with Gasteiger partial charge < -0.3 is 4.90 Å². The van der Waals surface area contributed by atoms with Crippen LogP contribution in [0, 0.1) is 17.2 Å². The van der Waals surface area contributed by atoms with Gasteiger partial charge >= 0.3 is 0 Å². The average Bonchev–Trinajstić information content (AvgIpc) is 3.26. The van der Waals surface area contributed by atoms with Crippen LogP contribution < -0.4 is 4.90 Å². The number of hydrogen-bond donors (Lipinski definition) is 0. The van der Waals surface area contributed by atoms with E-state index in [0.717, 1.165) is 43.0 Å². The molecule has 1 aromatic heterocycles. The molecule has 0 radical (unpaired) electrons. The van der Waals surface area contributed by atoms with Crippen molar-refractivity contribution < 1.29 is 0 Å². The van der Waals surface area contributed by atoms with Gasteiger partial charge in [-0.25, -0.2) is 9.97 Å². The third-order valence-electron chi connectivity index (χ3n) is 7.99. The summed E-state index contributed by atoms with van der Waals surface area (Å²) in [6.07, 6.45) is 8.15. The number of rotatable bonds is 5. The molecule has 2 fully saturated rings. The van der Waals surface area contributed by atoms with Crippen molar-refractivity contribution in [2.24, 2.45) is 10.9 Å². The first-order valence-electron chi connectivity index (χ1n) is 12.8. The van der Waals surface area contributed by atoms with Crippen molar-refractivity contribution in [1.82, 2.24) is 14.9 Å². The van der Waals surface area contributed by atoms with Crippen molar-refractivity contribution >= 4 is 34.7 Å². The number of likely N-dealkylation sites (tertiary alicyclic amines) is 1. The number of aromatic nitrogens is 2. The highest BCUT2D eigenvalue weighted by atomic mass is 35.5. The largest absolute Gasteiger partial charge is 0.355 e. The first-order chi connectivity index (χ1) is 17.0. The second-order valence-electron chi connectivity index (χ2n) is 10.0. The molecule has 0 saturated carbocycles. The molecule has 2 aromatic rings. The number of nitrogens with zero attached hydrogens (tertiary/aromatic N) is 6. The quantitative estimate of drug-likeness (QED) is 0.489. The number of benzene rings is 1. The first kappa shape index (κ1) is 24.5. The number of halogens is 2. The molecule has 184 valence electrons. The zero-order valence-electron chi connectivity index (χ0n) is 20.4. The molecule has 35 heavy (non-hydrogen) atoms. The summed E-state index contributed by atoms with van der Waals surface area (Å²) in [5.41, 5.74) is 2.64. The van der Waals surface area contributed by atoms with E-state index in [1.54, 1.807) is 6.07 Å². The molecule has 8 heteroatoms. The lowest BCUT2D eigenvalue weighted by Crippen LogP contribution is -2.52. The van der Waals surface area contributed by atoms with E-state index < -0.39 is 0 Å². The Labute approximate surface area is 218 Å². The maximum absolute atomic E-state index is 9.70. The molecule has 5 rings (SSSR count). The number of fused-ring (bicyclic) bond motifs is 1. The normalized spacial score (nSPS) is 25.6. The lowest BCUT2D eigenvalue weighted by atomic mass is 9.87. The van der Waals surface area contributed by atoms with Crippen molar-refractivity contribution in [3.63, 3.8) is 0 Å². The van der Waals surface area contributed by atoms with Crippen LogP contribution in [0.15, 0.2) is 29.4 Å². The highest BCUT2D eigenvalue weighted by Crippen LogP contribution is 2.42. The lowest BCUT2D eigenvalue weighted by Gasteiger charge is -2.45. The molecule has 4 heterocycles. The number of anilines is 1. The van der Waals surface area contributed by atoms with Crippen LogP contribution in [0.3, 0.4) is 0 Å². The minimum absolute atomic E-state index is 0.0675. The Hall–Kier alpha value is -2.20. The van der Waals surface area contributed by atoms with Gasteiger partial charge in [-0.05, 0) is 56.0 Å². The van der Waals surface area contributed by atoms with Crippen molar-refractivity contribution in [3.8, 4) is 6.07 Å². The van der Waals surface area contributed by atoms with Crippen molar-refractivity contribution in [3.05, 3.63) is 51.4 Å². The summed E-state index contributed by atoms with van der Waals surface area (Å²) in [5.74, 6) is 1.43. The minimum Gasteiger partial charge on any atom is -0.355 e. The van der Waals surface area contributed by atoms with Crippen molar-refractivity contribution in [1.29, 1.82) is 5.26 Å². The van der Waals surface area contributed by atoms with Gasteiger partial charge in [0.05, 0.1) is 11.9 Å². The molecule has 3 aliphatic heterocycles. The van der Waals surface area contributed by atoms with E-state index in [1.165, 1.54) is 32.4 Å². The fraction of sp³-hybridized carbons (Fsp3) is 0.556. The Morgan fingerprint density at radius 3 is 2.69 bits per heavy atom. The van der Waals surface area contributed by atoms with E-state index in [1.807, 2.05) is 18.3 Å². The van der Waals surface area contributed by atoms with Gasteiger partial charge in [-0.15, -0.1) is 0 Å². The number of aliphatic imine (C=N–C) groups is 1. The smallest absolute Gasteiger partial charge is 0.163 e. The molecular weight excluding hydrogens is 479 g/mol. The number of nitriles is 1. The SMILES string of the molecule is CCC1CN(c2cnc3c(n2)C(C(C)c2ccc(Cl)cc2Cl)N=C3C#N)CCC1N1CCCCC1. The van der Waals surface area contributed by atoms with Gasteiger partial charge in [-0.3, -0.25) is 9.89 Å². The zero-order chi connectivity index (χ0) is 24.5. The predicted octanol–water partition coefficient (Wildman–Crippen LogP) is 6.05. The summed E-state index contributed by atoms with van der Waals surface area (Å²) in [6, 6.07) is 8.08. The van der Waals surface area contributed by atoms with Crippen molar-refractivity contribution in [2.75, 3.05) is 31.1 Å². The predicted molar refractivity (Wildman–Crippen MR) is 142 cm³/mol. The number of hydrogen-bond acceptors (Lipinski definition) is 6. The Morgan fingerprint density at radius 1 is 1.17 bits per heavy atom. The van der Waals surface area contributed by atoms with Gasteiger partial charge in [0, 0.05) is 35.1 Å². The first-order valence-corrected chi connectivity index (χ1v) is 13.5. The second kappa shape index (κ2) is 10.4. The second-order valence-corrected chi connectivity index (χ2v) is 10.9. The van der Waals surface area contributed by atoms with E-state index in [2.05, 4.69) is 34.7 Å². The van der Waals surface area contributed by atoms with E-state index in [0.29, 0.717) is 33.4 Å². The molecular formula is C27H32Cl2N6. The third kappa shape index (κ3) is 4.79. The maximum Gasteiger partial charge on any atom is 0.163 e. The van der Waals surface area contributed by atoms with E-state index in [4.69, 9.17) is 33.2 Å². The molecule has 0 spiro atoms. The molecule has 3 aliphatic rings. The van der Waals surface area contributed by atoms with Crippen LogP contribution >= 0.6 is 23.2 Å². The summed E-state index contributed by atoms with van der Waals surface area (Å²) in [4.78, 5) is 19.6. The maximum atomic E-state index is 9.70. The summed E-state index contributed by atoms with van der Waals surface area (Å²) >= 11 is 12.6. The van der Waals surface area contributed by atoms with Gasteiger partial charge in [-0.1, -0.05) is 56.0 Å². The van der Waals surface area contributed by atoms with Gasteiger partial charge in [0.25, 0.3) is 0 Å². The Bertz CT molecular complexity index is 1150. The topological polar surface area (TPSA) is 68.4 Å². The standard InChI is InChI=1S/C27H32Cl2N6/c1-3-18-16-35(12-9-23(18)34-10-5-4-6-11-34)24-15-31-26-22(14-30)32-25(27(26)33-24)17(2)20-8-7-19(28)13-21(20)29/h7-8,13,15,17-18,23,25H,3-6,9-12,16H2,1-2H3. The van der Waals surface area contributed by atoms with Crippen LogP contribution in [0.5, 0.6) is 0 Å². The fourth-order valence-corrected chi connectivity index (χ4v) is 6.61. The fourth-order valence-electron chi connectivity index (χ4n) is 6.03. The van der Waals surface area contributed by atoms with Crippen LogP contribution in [0.25, 0.3) is 0 Å². The Kier molecular flexibility index (Phi) is 7.29. The molecule has 0 bridgehead atoms. The molecule has 4 unspecified atom stereocenters. The van der Waals surface area contributed by atoms with Gasteiger partial charge in [0.1, 0.15) is 23.6 Å². The van der Waals surface area contributed by atoms with Crippen LogP contribution in [0.4, 0.5) is 5.82 Å². The lowest BCUT2D eigenvalue weighted by molar-refractivity contribution is 0.0974. The van der Waals surface area contributed by atoms with Crippen LogP contribution in [0.2, 0.25) is 10.0 Å². The highest BCUT2D eigenvalue weighted by molar-refractivity contribution is 6.35. The number of piperidine rings is 2.